The van der Waals surface area contributed by atoms with Crippen LogP contribution in [-0.2, 0) is 0 Å². The van der Waals surface area contributed by atoms with Crippen LogP contribution in [0.5, 0.6) is 5.75 Å². The lowest BCUT2D eigenvalue weighted by Crippen LogP contribution is -2.07. The summed E-state index contributed by atoms with van der Waals surface area (Å²) >= 11 is 3.49. The van der Waals surface area contributed by atoms with Crippen LogP contribution < -0.4 is 4.74 Å². The number of halogens is 1. The van der Waals surface area contributed by atoms with Crippen molar-refractivity contribution in [1.29, 1.82) is 0 Å². The molecule has 0 aliphatic heterocycles. The van der Waals surface area contributed by atoms with Gasteiger partial charge in [0, 0.05) is 10.0 Å². The largest absolute Gasteiger partial charge is 0.496 e. The van der Waals surface area contributed by atoms with Crippen molar-refractivity contribution in [3.8, 4) is 5.75 Å². The number of rotatable bonds is 3. The minimum absolute atomic E-state index is 0.00125. The van der Waals surface area contributed by atoms with Gasteiger partial charge in [0.1, 0.15) is 5.75 Å². The summed E-state index contributed by atoms with van der Waals surface area (Å²) in [6.45, 7) is 5.89. The molecule has 0 radical (unpaired) electrons. The molecule has 2 rings (SSSR count). The Labute approximate surface area is 127 Å². The normalized spacial score (nSPS) is 10.4. The zero-order valence-corrected chi connectivity index (χ0v) is 13.7. The van der Waals surface area contributed by atoms with Gasteiger partial charge in [0.2, 0.25) is 0 Å². The van der Waals surface area contributed by atoms with Crippen molar-refractivity contribution in [3.63, 3.8) is 0 Å². The number of hydrogen-bond acceptors (Lipinski definition) is 2. The van der Waals surface area contributed by atoms with Crippen LogP contribution in [0.3, 0.4) is 0 Å². The van der Waals surface area contributed by atoms with Crippen LogP contribution in [0.15, 0.2) is 34.8 Å². The Morgan fingerprint density at radius 2 is 1.70 bits per heavy atom. The third kappa shape index (κ3) is 2.78. The van der Waals surface area contributed by atoms with Crippen LogP contribution >= 0.6 is 15.9 Å². The molecular formula is C17H17BrO2. The van der Waals surface area contributed by atoms with Gasteiger partial charge in [-0.1, -0.05) is 27.6 Å². The van der Waals surface area contributed by atoms with Gasteiger partial charge in [-0.05, 0) is 56.2 Å². The molecule has 2 aromatic rings. The first-order valence-corrected chi connectivity index (χ1v) is 7.19. The van der Waals surface area contributed by atoms with Gasteiger partial charge in [0.05, 0.1) is 12.7 Å². The van der Waals surface area contributed by atoms with Gasteiger partial charge in [-0.2, -0.15) is 0 Å². The lowest BCUT2D eigenvalue weighted by atomic mass is 9.96. The second-order valence-electron chi connectivity index (χ2n) is 4.95. The molecule has 3 heteroatoms. The summed E-state index contributed by atoms with van der Waals surface area (Å²) in [5.41, 5.74) is 4.37. The molecule has 2 aromatic carbocycles. The summed E-state index contributed by atoms with van der Waals surface area (Å²) in [6.07, 6.45) is 0. The monoisotopic (exact) mass is 332 g/mol. The number of carbonyl (C=O) groups is 1. The lowest BCUT2D eigenvalue weighted by molar-refractivity contribution is 0.103. The van der Waals surface area contributed by atoms with Crippen LogP contribution in [0.25, 0.3) is 0 Å². The molecule has 0 spiro atoms. The smallest absolute Gasteiger partial charge is 0.197 e. The Balaban J connectivity index is 2.57. The Bertz CT molecular complexity index is 675. The van der Waals surface area contributed by atoms with E-state index in [2.05, 4.69) is 15.9 Å². The van der Waals surface area contributed by atoms with Gasteiger partial charge >= 0.3 is 0 Å². The SMILES string of the molecule is COc1ccc(C)cc1C(=O)c1cc(C)c(Br)cc1C. The van der Waals surface area contributed by atoms with E-state index in [-0.39, 0.29) is 5.78 Å². The number of benzene rings is 2. The quantitative estimate of drug-likeness (QED) is 0.767. The van der Waals surface area contributed by atoms with E-state index in [0.717, 1.165) is 26.7 Å². The van der Waals surface area contributed by atoms with E-state index in [1.165, 1.54) is 0 Å². The highest BCUT2D eigenvalue weighted by molar-refractivity contribution is 9.10. The summed E-state index contributed by atoms with van der Waals surface area (Å²) in [4.78, 5) is 12.8. The predicted octanol–water partition coefficient (Wildman–Crippen LogP) is 4.61. The van der Waals surface area contributed by atoms with E-state index >= 15 is 0 Å². The van der Waals surface area contributed by atoms with Gasteiger partial charge in [-0.3, -0.25) is 4.79 Å². The zero-order chi connectivity index (χ0) is 14.9. The fourth-order valence-electron chi connectivity index (χ4n) is 2.17. The van der Waals surface area contributed by atoms with Crippen molar-refractivity contribution in [2.45, 2.75) is 20.8 Å². The second kappa shape index (κ2) is 5.80. The molecule has 0 aliphatic rings. The number of methoxy groups -OCH3 is 1. The predicted molar refractivity (Wildman–Crippen MR) is 84.8 cm³/mol. The number of ether oxygens (including phenoxy) is 1. The molecule has 0 saturated heterocycles. The maximum absolute atomic E-state index is 12.8. The van der Waals surface area contributed by atoms with Crippen molar-refractivity contribution in [2.75, 3.05) is 7.11 Å². The van der Waals surface area contributed by atoms with E-state index < -0.39 is 0 Å². The van der Waals surface area contributed by atoms with Crippen LogP contribution in [0.2, 0.25) is 0 Å². The average Bonchev–Trinajstić information content (AvgIpc) is 2.42. The van der Waals surface area contributed by atoms with Crippen molar-refractivity contribution >= 4 is 21.7 Å². The van der Waals surface area contributed by atoms with E-state index in [1.807, 2.05) is 51.1 Å². The van der Waals surface area contributed by atoms with Crippen LogP contribution in [0.4, 0.5) is 0 Å². The molecule has 0 aliphatic carbocycles. The molecule has 0 aromatic heterocycles. The minimum atomic E-state index is -0.00125. The Hall–Kier alpha value is -1.61. The summed E-state index contributed by atoms with van der Waals surface area (Å²) in [5, 5.41) is 0. The fourth-order valence-corrected chi connectivity index (χ4v) is 2.63. The highest BCUT2D eigenvalue weighted by atomic mass is 79.9. The maximum atomic E-state index is 12.8. The highest BCUT2D eigenvalue weighted by Crippen LogP contribution is 2.27. The summed E-state index contributed by atoms with van der Waals surface area (Å²) in [5.74, 6) is 0.610. The van der Waals surface area contributed by atoms with Crippen LogP contribution in [0.1, 0.15) is 32.6 Å². The number of aryl methyl sites for hydroxylation is 3. The van der Waals surface area contributed by atoms with Gasteiger partial charge < -0.3 is 4.74 Å². The molecule has 20 heavy (non-hydrogen) atoms. The summed E-state index contributed by atoms with van der Waals surface area (Å²) in [7, 11) is 1.58. The fraction of sp³-hybridized carbons (Fsp3) is 0.235. The standard InChI is InChI=1S/C17H17BrO2/c1-10-5-6-16(20-4)14(7-10)17(19)13-8-12(3)15(18)9-11(13)2/h5-9H,1-4H3. The van der Waals surface area contributed by atoms with E-state index in [0.29, 0.717) is 11.3 Å². The second-order valence-corrected chi connectivity index (χ2v) is 5.80. The molecule has 0 saturated carbocycles. The third-order valence-corrected chi connectivity index (χ3v) is 4.20. The van der Waals surface area contributed by atoms with Crippen molar-refractivity contribution in [3.05, 3.63) is 62.6 Å². The molecule has 0 unspecified atom stereocenters. The highest BCUT2D eigenvalue weighted by Gasteiger charge is 2.17. The molecule has 0 N–H and O–H groups in total. The van der Waals surface area contributed by atoms with E-state index in [4.69, 9.17) is 4.74 Å². The number of carbonyl (C=O) groups excluding carboxylic acids is 1. The minimum Gasteiger partial charge on any atom is -0.496 e. The first-order chi connectivity index (χ1) is 9.43. The van der Waals surface area contributed by atoms with Crippen molar-refractivity contribution < 1.29 is 9.53 Å². The molecule has 104 valence electrons. The number of ketones is 1. The Kier molecular flexibility index (Phi) is 4.29. The first kappa shape index (κ1) is 14.8. The molecule has 0 atom stereocenters. The molecule has 0 heterocycles. The van der Waals surface area contributed by atoms with Gasteiger partial charge in [0.25, 0.3) is 0 Å². The molecule has 2 nitrogen and oxygen atoms in total. The topological polar surface area (TPSA) is 26.3 Å². The van der Waals surface area contributed by atoms with Gasteiger partial charge in [-0.25, -0.2) is 0 Å². The van der Waals surface area contributed by atoms with E-state index in [9.17, 15) is 4.79 Å². The average molecular weight is 333 g/mol. The maximum Gasteiger partial charge on any atom is 0.197 e. The van der Waals surface area contributed by atoms with Crippen molar-refractivity contribution in [1.82, 2.24) is 0 Å². The lowest BCUT2D eigenvalue weighted by Gasteiger charge is -2.12. The number of hydrogen-bond donors (Lipinski definition) is 0. The van der Waals surface area contributed by atoms with Crippen molar-refractivity contribution in [2.24, 2.45) is 0 Å². The van der Waals surface area contributed by atoms with E-state index in [1.54, 1.807) is 7.11 Å². The van der Waals surface area contributed by atoms with Crippen LogP contribution in [-0.4, -0.2) is 12.9 Å². The van der Waals surface area contributed by atoms with Gasteiger partial charge in [-0.15, -0.1) is 0 Å². The third-order valence-electron chi connectivity index (χ3n) is 3.35. The van der Waals surface area contributed by atoms with Crippen LogP contribution in [0, 0.1) is 20.8 Å². The molecule has 0 amide bonds. The Morgan fingerprint density at radius 1 is 1.00 bits per heavy atom. The summed E-state index contributed by atoms with van der Waals surface area (Å²) in [6, 6.07) is 9.55. The van der Waals surface area contributed by atoms with Gasteiger partial charge in [0.15, 0.2) is 5.78 Å². The first-order valence-electron chi connectivity index (χ1n) is 6.40. The molecule has 0 fully saturated rings. The Morgan fingerprint density at radius 3 is 2.35 bits per heavy atom. The molecular weight excluding hydrogens is 316 g/mol. The molecule has 0 bridgehead atoms. The zero-order valence-electron chi connectivity index (χ0n) is 12.1. The summed E-state index contributed by atoms with van der Waals surface area (Å²) < 4.78 is 6.32.